The number of rotatable bonds is 5. The molecular weight excluding hydrogens is 308 g/mol. The molecule has 0 saturated heterocycles. The number of H-pyrrole nitrogens is 1. The van der Waals surface area contributed by atoms with Crippen LogP contribution in [0.25, 0.3) is 11.3 Å². The number of benzene rings is 1. The Morgan fingerprint density at radius 1 is 1.43 bits per heavy atom. The van der Waals surface area contributed by atoms with Gasteiger partial charge in [-0.1, -0.05) is 11.6 Å². The van der Waals surface area contributed by atoms with Crippen LogP contribution in [0.3, 0.4) is 0 Å². The average molecular weight is 318 g/mol. The zero-order chi connectivity index (χ0) is 15.4. The molecule has 0 aliphatic carbocycles. The number of nitrogens with one attached hydrogen (secondary N) is 1. The number of hydrogen-bond acceptors (Lipinski definition) is 5. The predicted molar refractivity (Wildman–Crippen MR) is 69.4 cm³/mol. The minimum absolute atomic E-state index is 0.0200. The number of carbonyl (C=O) groups is 1. The zero-order valence-electron chi connectivity index (χ0n) is 10.8. The van der Waals surface area contributed by atoms with Gasteiger partial charge in [0, 0.05) is 10.6 Å². The van der Waals surface area contributed by atoms with E-state index in [1.54, 1.807) is 6.92 Å². The summed E-state index contributed by atoms with van der Waals surface area (Å²) in [5, 5.41) is 9.96. The van der Waals surface area contributed by atoms with E-state index in [0.717, 1.165) is 0 Å². The second-order valence-electron chi connectivity index (χ2n) is 3.76. The number of aromatic amines is 1. The van der Waals surface area contributed by atoms with Crippen LogP contribution in [-0.4, -0.2) is 34.6 Å². The maximum Gasteiger partial charge on any atom is 0.387 e. The minimum atomic E-state index is -3.03. The van der Waals surface area contributed by atoms with Gasteiger partial charge < -0.3 is 9.47 Å². The Kier molecular flexibility index (Phi) is 4.69. The standard InChI is InChI=1S/C12H10ClF2N3O3/c1-2-20-11(19)10-9(16-18-17-10)7-5-6(13)3-4-8(7)21-12(14)15/h3-5,12H,2H2,1H3,(H,16,17,18). The van der Waals surface area contributed by atoms with Crippen LogP contribution in [0.4, 0.5) is 8.78 Å². The van der Waals surface area contributed by atoms with Gasteiger partial charge in [-0.15, -0.1) is 5.10 Å². The van der Waals surface area contributed by atoms with Crippen LogP contribution in [0.2, 0.25) is 5.02 Å². The number of hydrogen-bond donors (Lipinski definition) is 1. The number of esters is 1. The van der Waals surface area contributed by atoms with E-state index < -0.39 is 12.6 Å². The molecule has 0 saturated carbocycles. The van der Waals surface area contributed by atoms with E-state index >= 15 is 0 Å². The van der Waals surface area contributed by atoms with Crippen molar-refractivity contribution >= 4 is 17.6 Å². The first kappa shape index (κ1) is 15.2. The van der Waals surface area contributed by atoms with E-state index in [4.69, 9.17) is 16.3 Å². The normalized spacial score (nSPS) is 10.7. The SMILES string of the molecule is CCOC(=O)c1n[nH]nc1-c1cc(Cl)ccc1OC(F)F. The highest BCUT2D eigenvalue weighted by Crippen LogP contribution is 2.33. The second kappa shape index (κ2) is 6.49. The minimum Gasteiger partial charge on any atom is -0.461 e. The Bertz CT molecular complexity index is 648. The molecule has 0 fully saturated rings. The van der Waals surface area contributed by atoms with Crippen LogP contribution in [-0.2, 0) is 4.74 Å². The molecule has 0 aliphatic heterocycles. The maximum atomic E-state index is 12.4. The van der Waals surface area contributed by atoms with Crippen LogP contribution in [0, 0.1) is 0 Å². The predicted octanol–water partition coefficient (Wildman–Crippen LogP) is 2.90. The fourth-order valence-electron chi connectivity index (χ4n) is 1.65. The van der Waals surface area contributed by atoms with E-state index in [1.165, 1.54) is 18.2 Å². The lowest BCUT2D eigenvalue weighted by Crippen LogP contribution is -2.08. The van der Waals surface area contributed by atoms with Gasteiger partial charge in [0.25, 0.3) is 0 Å². The smallest absolute Gasteiger partial charge is 0.387 e. The van der Waals surface area contributed by atoms with E-state index in [1.807, 2.05) is 0 Å². The third-order valence-corrected chi connectivity index (χ3v) is 2.66. The first-order chi connectivity index (χ1) is 10.0. The molecule has 1 aromatic heterocycles. The molecule has 2 aromatic rings. The number of halogens is 3. The summed E-state index contributed by atoms with van der Waals surface area (Å²) in [4.78, 5) is 11.8. The van der Waals surface area contributed by atoms with Crippen molar-refractivity contribution in [2.24, 2.45) is 0 Å². The van der Waals surface area contributed by atoms with E-state index in [-0.39, 0.29) is 34.3 Å². The van der Waals surface area contributed by atoms with Crippen molar-refractivity contribution in [1.29, 1.82) is 0 Å². The summed E-state index contributed by atoms with van der Waals surface area (Å²) >= 11 is 5.85. The Balaban J connectivity index is 2.49. The molecule has 0 atom stereocenters. The molecule has 0 aliphatic rings. The molecule has 0 amide bonds. The first-order valence-electron chi connectivity index (χ1n) is 5.85. The van der Waals surface area contributed by atoms with Crippen molar-refractivity contribution in [1.82, 2.24) is 15.4 Å². The van der Waals surface area contributed by atoms with Crippen LogP contribution < -0.4 is 4.74 Å². The van der Waals surface area contributed by atoms with Gasteiger partial charge in [0.15, 0.2) is 5.69 Å². The molecule has 1 heterocycles. The van der Waals surface area contributed by atoms with Crippen LogP contribution in [0.1, 0.15) is 17.4 Å². The Labute approximate surface area is 123 Å². The quantitative estimate of drug-likeness (QED) is 0.858. The van der Waals surface area contributed by atoms with Crippen LogP contribution >= 0.6 is 11.6 Å². The Morgan fingerprint density at radius 2 is 2.19 bits per heavy atom. The van der Waals surface area contributed by atoms with Gasteiger partial charge in [-0.3, -0.25) is 0 Å². The highest BCUT2D eigenvalue weighted by atomic mass is 35.5. The molecule has 2 rings (SSSR count). The lowest BCUT2D eigenvalue weighted by atomic mass is 10.1. The zero-order valence-corrected chi connectivity index (χ0v) is 11.5. The summed E-state index contributed by atoms with van der Waals surface area (Å²) in [5.41, 5.74) is -0.00978. The Hall–Kier alpha value is -2.22. The lowest BCUT2D eigenvalue weighted by molar-refractivity contribution is -0.0494. The summed E-state index contributed by atoms with van der Waals surface area (Å²) in [6, 6.07) is 3.99. The third-order valence-electron chi connectivity index (χ3n) is 2.43. The van der Waals surface area contributed by atoms with Gasteiger partial charge in [0.05, 0.1) is 6.61 Å². The molecule has 1 N–H and O–H groups in total. The monoisotopic (exact) mass is 317 g/mol. The van der Waals surface area contributed by atoms with E-state index in [9.17, 15) is 13.6 Å². The molecule has 0 unspecified atom stereocenters. The number of aromatic nitrogens is 3. The van der Waals surface area contributed by atoms with Gasteiger partial charge in [-0.25, -0.2) is 4.79 Å². The Morgan fingerprint density at radius 3 is 2.86 bits per heavy atom. The molecule has 9 heteroatoms. The molecule has 21 heavy (non-hydrogen) atoms. The van der Waals surface area contributed by atoms with E-state index in [2.05, 4.69) is 20.1 Å². The molecular formula is C12H10ClF2N3O3. The van der Waals surface area contributed by atoms with Gasteiger partial charge >= 0.3 is 12.6 Å². The van der Waals surface area contributed by atoms with Crippen LogP contribution in [0.15, 0.2) is 18.2 Å². The van der Waals surface area contributed by atoms with Gasteiger partial charge in [-0.2, -0.15) is 19.1 Å². The van der Waals surface area contributed by atoms with Crippen molar-refractivity contribution < 1.29 is 23.0 Å². The third kappa shape index (κ3) is 3.46. The largest absolute Gasteiger partial charge is 0.461 e. The number of alkyl halides is 2. The summed E-state index contributed by atoms with van der Waals surface area (Å²) in [6.07, 6.45) is 0. The summed E-state index contributed by atoms with van der Waals surface area (Å²) in [6.45, 7) is -1.26. The second-order valence-corrected chi connectivity index (χ2v) is 4.20. The van der Waals surface area contributed by atoms with Crippen molar-refractivity contribution in [2.75, 3.05) is 6.61 Å². The van der Waals surface area contributed by atoms with Crippen molar-refractivity contribution in [3.05, 3.63) is 28.9 Å². The molecule has 6 nitrogen and oxygen atoms in total. The number of carbonyl (C=O) groups excluding carboxylic acids is 1. The number of nitrogens with zero attached hydrogens (tertiary/aromatic N) is 2. The molecule has 0 bridgehead atoms. The fraction of sp³-hybridized carbons (Fsp3) is 0.250. The molecule has 112 valence electrons. The number of ether oxygens (including phenoxy) is 2. The fourth-order valence-corrected chi connectivity index (χ4v) is 1.82. The van der Waals surface area contributed by atoms with Crippen molar-refractivity contribution in [3.8, 4) is 17.0 Å². The topological polar surface area (TPSA) is 77.1 Å². The van der Waals surface area contributed by atoms with Crippen molar-refractivity contribution in [2.45, 2.75) is 13.5 Å². The summed E-state index contributed by atoms with van der Waals surface area (Å²) in [5.74, 6) is -0.905. The van der Waals surface area contributed by atoms with E-state index in [0.29, 0.717) is 0 Å². The average Bonchev–Trinajstić information content (AvgIpc) is 2.89. The van der Waals surface area contributed by atoms with Gasteiger partial charge in [0.2, 0.25) is 0 Å². The lowest BCUT2D eigenvalue weighted by Gasteiger charge is -2.10. The molecule has 1 aromatic carbocycles. The highest BCUT2D eigenvalue weighted by molar-refractivity contribution is 6.31. The first-order valence-corrected chi connectivity index (χ1v) is 6.23. The van der Waals surface area contributed by atoms with Gasteiger partial charge in [-0.05, 0) is 25.1 Å². The highest BCUT2D eigenvalue weighted by Gasteiger charge is 2.23. The van der Waals surface area contributed by atoms with Crippen LogP contribution in [0.5, 0.6) is 5.75 Å². The summed E-state index contributed by atoms with van der Waals surface area (Å²) in [7, 11) is 0. The maximum absolute atomic E-state index is 12.4. The van der Waals surface area contributed by atoms with Crippen molar-refractivity contribution in [3.63, 3.8) is 0 Å². The molecule has 0 radical (unpaired) electrons. The van der Waals surface area contributed by atoms with Gasteiger partial charge in [0.1, 0.15) is 11.4 Å². The summed E-state index contributed by atoms with van der Waals surface area (Å²) < 4.78 is 34.1. The molecule has 0 spiro atoms.